The molecule has 1 heterocycles. The van der Waals surface area contributed by atoms with Crippen LogP contribution in [0.25, 0.3) is 0 Å². The lowest BCUT2D eigenvalue weighted by Gasteiger charge is -2.27. The van der Waals surface area contributed by atoms with Gasteiger partial charge in [-0.25, -0.2) is 0 Å². The number of anilines is 1. The zero-order chi connectivity index (χ0) is 23.2. The molecule has 1 aliphatic carbocycles. The third-order valence-corrected chi connectivity index (χ3v) is 6.64. The molecule has 1 saturated carbocycles. The van der Waals surface area contributed by atoms with Crippen molar-refractivity contribution in [3.8, 4) is 11.5 Å². The normalized spacial score (nSPS) is 14.0. The summed E-state index contributed by atoms with van der Waals surface area (Å²) in [5.41, 5.74) is 6.22. The van der Waals surface area contributed by atoms with Crippen LogP contribution in [0.5, 0.6) is 11.5 Å². The van der Waals surface area contributed by atoms with Crippen LogP contribution in [-0.4, -0.2) is 19.2 Å². The third-order valence-electron chi connectivity index (χ3n) is 6.64. The van der Waals surface area contributed by atoms with Gasteiger partial charge in [0.1, 0.15) is 11.5 Å². The minimum Gasteiger partial charge on any atom is -0.497 e. The summed E-state index contributed by atoms with van der Waals surface area (Å²) in [4.78, 5) is 7.56. The Labute approximate surface area is 198 Å². The zero-order valence-electron chi connectivity index (χ0n) is 20.4. The number of benzene rings is 2. The maximum Gasteiger partial charge on any atom is 0.118 e. The molecule has 174 valence electrons. The van der Waals surface area contributed by atoms with Gasteiger partial charge in [0, 0.05) is 36.1 Å². The molecule has 1 aliphatic rings. The molecule has 2 aromatic carbocycles. The lowest BCUT2D eigenvalue weighted by molar-refractivity contribution is 0.414. The number of rotatable bonds is 9. The van der Waals surface area contributed by atoms with Crippen molar-refractivity contribution in [3.05, 3.63) is 83.2 Å². The fraction of sp³-hybridized carbons (Fsp3) is 0.414. The fourth-order valence-electron chi connectivity index (χ4n) is 4.61. The van der Waals surface area contributed by atoms with Gasteiger partial charge in [0.15, 0.2) is 0 Å². The standard InChI is InChI=1S/C29H36N2O2/c1-21(2)28-17-25(18-29(30-28)24-7-5-6-8-24)31(19-22-9-13-26(32-3)14-10-22)20-23-11-15-27(33-4)16-12-23/h9-18,21,24H,5-8,19-20H2,1-4H3. The molecule has 0 amide bonds. The van der Waals surface area contributed by atoms with Gasteiger partial charge in [0.2, 0.25) is 0 Å². The van der Waals surface area contributed by atoms with Gasteiger partial charge in [-0.05, 0) is 66.3 Å². The van der Waals surface area contributed by atoms with Crippen LogP contribution in [0.4, 0.5) is 5.69 Å². The van der Waals surface area contributed by atoms with Gasteiger partial charge in [-0.1, -0.05) is 51.0 Å². The maximum atomic E-state index is 5.36. The largest absolute Gasteiger partial charge is 0.497 e. The van der Waals surface area contributed by atoms with E-state index in [1.807, 2.05) is 24.3 Å². The molecule has 0 atom stereocenters. The van der Waals surface area contributed by atoms with Crippen LogP contribution in [-0.2, 0) is 13.1 Å². The Morgan fingerprint density at radius 1 is 0.818 bits per heavy atom. The molecular formula is C29H36N2O2. The highest BCUT2D eigenvalue weighted by molar-refractivity contribution is 5.51. The first-order valence-electron chi connectivity index (χ1n) is 12.1. The molecule has 4 nitrogen and oxygen atoms in total. The van der Waals surface area contributed by atoms with E-state index in [2.05, 4.69) is 55.1 Å². The molecular weight excluding hydrogens is 408 g/mol. The van der Waals surface area contributed by atoms with Crippen molar-refractivity contribution in [1.29, 1.82) is 0 Å². The van der Waals surface area contributed by atoms with E-state index in [4.69, 9.17) is 14.5 Å². The van der Waals surface area contributed by atoms with E-state index in [-0.39, 0.29) is 0 Å². The first kappa shape index (κ1) is 23.2. The summed E-state index contributed by atoms with van der Waals surface area (Å²) in [5, 5.41) is 0. The van der Waals surface area contributed by atoms with E-state index in [1.54, 1.807) is 14.2 Å². The summed E-state index contributed by atoms with van der Waals surface area (Å²) < 4.78 is 10.7. The number of hydrogen-bond donors (Lipinski definition) is 0. The predicted molar refractivity (Wildman–Crippen MR) is 135 cm³/mol. The van der Waals surface area contributed by atoms with E-state index >= 15 is 0 Å². The number of aromatic nitrogens is 1. The van der Waals surface area contributed by atoms with Crippen LogP contribution < -0.4 is 14.4 Å². The highest BCUT2D eigenvalue weighted by Crippen LogP contribution is 2.36. The second-order valence-electron chi connectivity index (χ2n) is 9.36. The third kappa shape index (κ3) is 5.87. The molecule has 3 aromatic rings. The Balaban J connectivity index is 1.69. The summed E-state index contributed by atoms with van der Waals surface area (Å²) in [6.07, 6.45) is 5.14. The number of methoxy groups -OCH3 is 2. The second kappa shape index (κ2) is 10.7. The molecule has 0 N–H and O–H groups in total. The molecule has 0 unspecified atom stereocenters. The van der Waals surface area contributed by atoms with Crippen molar-refractivity contribution >= 4 is 5.69 Å². The Bertz CT molecular complexity index is 973. The Morgan fingerprint density at radius 3 is 1.79 bits per heavy atom. The molecule has 1 fully saturated rings. The van der Waals surface area contributed by atoms with Crippen LogP contribution in [0, 0.1) is 0 Å². The molecule has 4 heteroatoms. The molecule has 1 aromatic heterocycles. The highest BCUT2D eigenvalue weighted by Gasteiger charge is 2.21. The SMILES string of the molecule is COc1ccc(CN(Cc2ccc(OC)cc2)c2cc(C(C)C)nc(C3CCCC3)c2)cc1. The minimum absolute atomic E-state index is 0.397. The van der Waals surface area contributed by atoms with Crippen molar-refractivity contribution in [3.63, 3.8) is 0 Å². The van der Waals surface area contributed by atoms with Gasteiger partial charge in [-0.2, -0.15) is 0 Å². The fourth-order valence-corrected chi connectivity index (χ4v) is 4.61. The monoisotopic (exact) mass is 444 g/mol. The molecule has 33 heavy (non-hydrogen) atoms. The molecule has 4 rings (SSSR count). The van der Waals surface area contributed by atoms with E-state index in [0.717, 1.165) is 24.6 Å². The topological polar surface area (TPSA) is 34.6 Å². The van der Waals surface area contributed by atoms with Crippen molar-refractivity contribution in [2.75, 3.05) is 19.1 Å². The minimum atomic E-state index is 0.397. The average Bonchev–Trinajstić information content (AvgIpc) is 3.39. The van der Waals surface area contributed by atoms with Crippen molar-refractivity contribution < 1.29 is 9.47 Å². The van der Waals surface area contributed by atoms with Crippen LogP contribution >= 0.6 is 0 Å². The van der Waals surface area contributed by atoms with Gasteiger partial charge in [-0.3, -0.25) is 4.98 Å². The number of ether oxygens (including phenoxy) is 2. The summed E-state index contributed by atoms with van der Waals surface area (Å²) in [6.45, 7) is 6.12. The Hall–Kier alpha value is -3.01. The lowest BCUT2D eigenvalue weighted by Crippen LogP contribution is -2.23. The molecule has 0 radical (unpaired) electrons. The van der Waals surface area contributed by atoms with Gasteiger partial charge < -0.3 is 14.4 Å². The van der Waals surface area contributed by atoms with Crippen molar-refractivity contribution in [2.45, 2.75) is 64.5 Å². The summed E-state index contributed by atoms with van der Waals surface area (Å²) in [7, 11) is 3.42. The van der Waals surface area contributed by atoms with E-state index < -0.39 is 0 Å². The quantitative estimate of drug-likeness (QED) is 0.353. The zero-order valence-corrected chi connectivity index (χ0v) is 20.4. The van der Waals surface area contributed by atoms with Crippen molar-refractivity contribution in [2.24, 2.45) is 0 Å². The molecule has 0 bridgehead atoms. The predicted octanol–water partition coefficient (Wildman–Crippen LogP) is 7.09. The smallest absolute Gasteiger partial charge is 0.118 e. The van der Waals surface area contributed by atoms with Crippen molar-refractivity contribution in [1.82, 2.24) is 4.98 Å². The van der Waals surface area contributed by atoms with Crippen LogP contribution in [0.1, 0.15) is 73.9 Å². The number of nitrogens with zero attached hydrogens (tertiary/aromatic N) is 2. The molecule has 0 saturated heterocycles. The van der Waals surface area contributed by atoms with E-state index in [1.165, 1.54) is 53.9 Å². The Kier molecular flexibility index (Phi) is 7.54. The van der Waals surface area contributed by atoms with Crippen LogP contribution in [0.15, 0.2) is 60.7 Å². The number of hydrogen-bond acceptors (Lipinski definition) is 4. The van der Waals surface area contributed by atoms with Gasteiger partial charge in [0.05, 0.1) is 14.2 Å². The molecule has 0 aliphatic heterocycles. The Morgan fingerprint density at radius 2 is 1.33 bits per heavy atom. The summed E-state index contributed by atoms with van der Waals surface area (Å²) >= 11 is 0. The van der Waals surface area contributed by atoms with Crippen LogP contribution in [0.3, 0.4) is 0 Å². The van der Waals surface area contributed by atoms with E-state index in [9.17, 15) is 0 Å². The maximum absolute atomic E-state index is 5.36. The van der Waals surface area contributed by atoms with Gasteiger partial charge >= 0.3 is 0 Å². The van der Waals surface area contributed by atoms with Gasteiger partial charge in [0.25, 0.3) is 0 Å². The highest BCUT2D eigenvalue weighted by atomic mass is 16.5. The first-order valence-corrected chi connectivity index (χ1v) is 12.1. The van der Waals surface area contributed by atoms with E-state index in [0.29, 0.717) is 11.8 Å². The summed E-state index contributed by atoms with van der Waals surface area (Å²) in [5.74, 6) is 2.75. The average molecular weight is 445 g/mol. The summed E-state index contributed by atoms with van der Waals surface area (Å²) in [6, 6.07) is 21.4. The van der Waals surface area contributed by atoms with Crippen LogP contribution in [0.2, 0.25) is 0 Å². The second-order valence-corrected chi connectivity index (χ2v) is 9.36. The molecule has 0 spiro atoms. The van der Waals surface area contributed by atoms with Gasteiger partial charge in [-0.15, -0.1) is 0 Å². The lowest BCUT2D eigenvalue weighted by atomic mass is 10.00. The number of pyridine rings is 1. The first-order chi connectivity index (χ1) is 16.1.